The largest absolute Gasteiger partial charge is 1.00 e. The van der Waals surface area contributed by atoms with Crippen molar-refractivity contribution in [2.75, 3.05) is 39.3 Å². The van der Waals surface area contributed by atoms with Gasteiger partial charge in [-0.2, -0.15) is 0 Å². The van der Waals surface area contributed by atoms with Crippen LogP contribution in [-0.4, -0.2) is 99.6 Å². The minimum Gasteiger partial charge on any atom is -1.00 e. The second-order valence-corrected chi connectivity index (χ2v) is 9.41. The minimum atomic E-state index is -0.546. The third kappa shape index (κ3) is 22.3. The quantitative estimate of drug-likeness (QED) is 0.0412. The van der Waals surface area contributed by atoms with Gasteiger partial charge in [0.15, 0.2) is 0 Å². The Morgan fingerprint density at radius 3 is 1.32 bits per heavy atom. The minimum absolute atomic E-state index is 0. The van der Waals surface area contributed by atoms with E-state index in [9.17, 15) is 39.6 Å². The van der Waals surface area contributed by atoms with Crippen molar-refractivity contribution in [2.45, 2.75) is 90.4 Å². The van der Waals surface area contributed by atoms with Crippen molar-refractivity contribution in [1.82, 2.24) is 25.8 Å². The predicted molar refractivity (Wildman–Crippen MR) is 140 cm³/mol. The number of halogens is 1. The van der Waals surface area contributed by atoms with Crippen LogP contribution in [0.3, 0.4) is 0 Å². The van der Waals surface area contributed by atoms with Crippen molar-refractivity contribution < 1.29 is 57.7 Å². The van der Waals surface area contributed by atoms with Gasteiger partial charge < -0.3 is 28.8 Å². The molecule has 0 saturated carbocycles. The molecule has 0 heterocycles. The maximum Gasteiger partial charge on any atom is 0.246 e. The molecule has 40 heavy (non-hydrogen) atoms. The summed E-state index contributed by atoms with van der Waals surface area (Å²) in [6, 6.07) is 0. The van der Waals surface area contributed by atoms with E-state index in [2.05, 4.69) is 16.4 Å². The molecule has 14 nitrogen and oxygen atoms in total. The number of hydrogen-bond acceptors (Lipinski definition) is 8. The first-order chi connectivity index (χ1) is 18.6. The van der Waals surface area contributed by atoms with E-state index < -0.39 is 17.7 Å². The maximum absolute atomic E-state index is 12.0. The fraction of sp³-hybridized carbons (Fsp3) is 0.800. The molecule has 0 rings (SSSR count). The first-order valence-corrected chi connectivity index (χ1v) is 13.9. The Kier molecular flexibility index (Phi) is 25.2. The molecule has 0 aliphatic carbocycles. The number of unbranched alkanes of at least 4 members (excludes halogenated alkanes) is 6. The number of rotatable bonds is 23. The van der Waals surface area contributed by atoms with Gasteiger partial charge in [0.2, 0.25) is 29.5 Å². The number of nitrogens with zero attached hydrogens (tertiary/aromatic N) is 3. The number of carbonyl (C=O) groups is 5. The molecule has 5 amide bonds. The zero-order valence-corrected chi connectivity index (χ0v) is 24.5. The first-order valence-electron chi connectivity index (χ1n) is 13.9. The second-order valence-electron chi connectivity index (χ2n) is 9.41. The molecular formula is C25H49ClN6O8. The van der Waals surface area contributed by atoms with Gasteiger partial charge in [-0.3, -0.25) is 39.6 Å². The number of amides is 5. The van der Waals surface area contributed by atoms with E-state index in [-0.39, 0.29) is 69.5 Å². The van der Waals surface area contributed by atoms with Crippen molar-refractivity contribution in [2.24, 2.45) is 0 Å². The molecule has 0 unspecified atom stereocenters. The summed E-state index contributed by atoms with van der Waals surface area (Å²) in [5.41, 5.74) is 3.74. The van der Waals surface area contributed by atoms with E-state index in [4.69, 9.17) is 0 Å². The Morgan fingerprint density at radius 2 is 0.950 bits per heavy atom. The second kappa shape index (κ2) is 25.4. The Bertz CT molecular complexity index is 746. The van der Waals surface area contributed by atoms with Gasteiger partial charge in [0.25, 0.3) is 0 Å². The molecule has 0 radical (unpaired) electrons. The molecule has 0 bridgehead atoms. The van der Waals surface area contributed by atoms with Crippen LogP contribution in [-0.2, 0) is 24.0 Å². The smallest absolute Gasteiger partial charge is 0.246 e. The first kappa shape index (κ1) is 39.6. The molecule has 0 saturated heterocycles. The van der Waals surface area contributed by atoms with Gasteiger partial charge >= 0.3 is 0 Å². The highest BCUT2D eigenvalue weighted by Crippen LogP contribution is 2.03. The van der Waals surface area contributed by atoms with Crippen LogP contribution in [0.2, 0.25) is 0 Å². The molecule has 0 aromatic rings. The Balaban J connectivity index is 0. The standard InChI is InChI=1S/C25H48N6O8.ClH/c1-21(32)29(37)18-9-3-6-16-27-22(33)12-14-25(36)31(39)20-10-4-7-17-28-23(34)11-13-24(35)30(38)19-8-2-5-15-26;/h37-39H,2-20,26H2,1H3,(H,27,33)(H,28,34);1H. The van der Waals surface area contributed by atoms with Crippen LogP contribution in [0.1, 0.15) is 90.4 Å². The van der Waals surface area contributed by atoms with Crippen molar-refractivity contribution in [3.8, 4) is 0 Å². The summed E-state index contributed by atoms with van der Waals surface area (Å²) < 4.78 is 0. The van der Waals surface area contributed by atoms with Gasteiger partial charge in [-0.25, -0.2) is 15.2 Å². The molecule has 8 N–H and O–H groups in total. The summed E-state index contributed by atoms with van der Waals surface area (Å²) in [4.78, 5) is 58.4. The number of quaternary nitrogens is 1. The Labute approximate surface area is 242 Å². The summed E-state index contributed by atoms with van der Waals surface area (Å²) in [6.07, 6.45) is 6.09. The third-order valence-electron chi connectivity index (χ3n) is 5.93. The molecular weight excluding hydrogens is 548 g/mol. The fourth-order valence-corrected chi connectivity index (χ4v) is 3.48. The third-order valence-corrected chi connectivity index (χ3v) is 5.93. The average molecular weight is 597 g/mol. The number of hydroxylamine groups is 6. The summed E-state index contributed by atoms with van der Waals surface area (Å²) >= 11 is 0. The highest BCUT2D eigenvalue weighted by molar-refractivity contribution is 5.83. The van der Waals surface area contributed by atoms with Crippen LogP contribution in [0.4, 0.5) is 0 Å². The van der Waals surface area contributed by atoms with Crippen molar-refractivity contribution in [1.29, 1.82) is 0 Å². The van der Waals surface area contributed by atoms with E-state index in [0.717, 1.165) is 25.8 Å². The van der Waals surface area contributed by atoms with Gasteiger partial charge in [0.1, 0.15) is 0 Å². The summed E-state index contributed by atoms with van der Waals surface area (Å²) in [5.74, 6) is -2.02. The lowest BCUT2D eigenvalue weighted by atomic mass is 10.2. The van der Waals surface area contributed by atoms with Crippen LogP contribution >= 0.6 is 0 Å². The van der Waals surface area contributed by atoms with E-state index in [1.165, 1.54) is 6.92 Å². The predicted octanol–water partition coefficient (Wildman–Crippen LogP) is -2.79. The molecule has 0 spiro atoms. The van der Waals surface area contributed by atoms with Crippen molar-refractivity contribution in [3.63, 3.8) is 0 Å². The van der Waals surface area contributed by atoms with Gasteiger partial charge in [0, 0.05) is 65.3 Å². The number of hydrogen-bond donors (Lipinski definition) is 6. The highest BCUT2D eigenvalue weighted by Gasteiger charge is 2.14. The van der Waals surface area contributed by atoms with Gasteiger partial charge in [-0.05, 0) is 57.8 Å². The fourth-order valence-electron chi connectivity index (χ4n) is 3.48. The molecule has 234 valence electrons. The molecule has 0 aromatic carbocycles. The molecule has 0 atom stereocenters. The number of nitrogens with one attached hydrogen (secondary N) is 2. The van der Waals surface area contributed by atoms with E-state index in [0.29, 0.717) is 66.8 Å². The van der Waals surface area contributed by atoms with Gasteiger partial charge in [-0.15, -0.1) is 0 Å². The van der Waals surface area contributed by atoms with Crippen molar-refractivity contribution in [3.05, 3.63) is 0 Å². The maximum atomic E-state index is 12.0. The van der Waals surface area contributed by atoms with E-state index in [1.807, 2.05) is 0 Å². The highest BCUT2D eigenvalue weighted by atomic mass is 35.5. The molecule has 0 aromatic heterocycles. The lowest BCUT2D eigenvalue weighted by Crippen LogP contribution is -3.00. The zero-order valence-electron chi connectivity index (χ0n) is 23.7. The average Bonchev–Trinajstić information content (AvgIpc) is 2.91. The molecule has 15 heteroatoms. The SMILES string of the molecule is CC(=O)N(O)CCCCCNC(=O)CCC(=O)N(O)CCCCCNC(=O)CCC(=O)N(O)CCCCC[NH3+].[Cl-]. The zero-order chi connectivity index (χ0) is 29.5. The van der Waals surface area contributed by atoms with E-state index in [1.54, 1.807) is 0 Å². The van der Waals surface area contributed by atoms with Gasteiger partial charge in [-0.1, -0.05) is 0 Å². The summed E-state index contributed by atoms with van der Waals surface area (Å²) in [7, 11) is 0. The van der Waals surface area contributed by atoms with Crippen LogP contribution in [0.25, 0.3) is 0 Å². The number of carbonyl (C=O) groups excluding carboxylic acids is 5. The van der Waals surface area contributed by atoms with Crippen LogP contribution in [0.5, 0.6) is 0 Å². The van der Waals surface area contributed by atoms with Crippen LogP contribution < -0.4 is 28.8 Å². The molecule has 0 fully saturated rings. The lowest BCUT2D eigenvalue weighted by molar-refractivity contribution is -0.368. The monoisotopic (exact) mass is 596 g/mol. The van der Waals surface area contributed by atoms with Crippen LogP contribution in [0, 0.1) is 0 Å². The van der Waals surface area contributed by atoms with E-state index >= 15 is 0 Å². The Morgan fingerprint density at radius 1 is 0.575 bits per heavy atom. The summed E-state index contributed by atoms with van der Waals surface area (Å²) in [6.45, 7) is 3.51. The topological polar surface area (TPSA) is 207 Å². The van der Waals surface area contributed by atoms with Crippen LogP contribution in [0.15, 0.2) is 0 Å². The summed E-state index contributed by atoms with van der Waals surface area (Å²) in [5, 5.41) is 36.1. The normalized spacial score (nSPS) is 10.3. The van der Waals surface area contributed by atoms with Crippen molar-refractivity contribution >= 4 is 29.5 Å². The Hall–Kier alpha value is -2.52. The molecule has 0 aliphatic heterocycles. The lowest BCUT2D eigenvalue weighted by Gasteiger charge is -2.15. The molecule has 0 aliphatic rings. The van der Waals surface area contributed by atoms with Gasteiger partial charge in [0.05, 0.1) is 6.54 Å².